The molecule has 0 aliphatic heterocycles. The van der Waals surface area contributed by atoms with Crippen molar-refractivity contribution in [2.24, 2.45) is 27.2 Å². The lowest BCUT2D eigenvalue weighted by atomic mass is 10.3. The lowest BCUT2D eigenvalue weighted by molar-refractivity contribution is 0.779. The minimum absolute atomic E-state index is 0.00801. The van der Waals surface area contributed by atoms with E-state index in [4.69, 9.17) is 17.2 Å². The summed E-state index contributed by atoms with van der Waals surface area (Å²) in [5, 5.41) is 11.2. The number of aryl methyl sites for hydroxylation is 1. The zero-order valence-corrected chi connectivity index (χ0v) is 10.2. The van der Waals surface area contributed by atoms with Crippen LogP contribution < -0.4 is 17.2 Å². The quantitative estimate of drug-likeness (QED) is 0.474. The van der Waals surface area contributed by atoms with Crippen molar-refractivity contribution in [3.8, 4) is 5.69 Å². The smallest absolute Gasteiger partial charge is 0.223 e. The molecule has 0 aliphatic rings. The molecule has 1 aromatic heterocycles. The molecule has 0 saturated heterocycles. The maximum absolute atomic E-state index is 5.53. The summed E-state index contributed by atoms with van der Waals surface area (Å²) in [5.41, 5.74) is 17.4. The van der Waals surface area contributed by atoms with Gasteiger partial charge in [0.1, 0.15) is 0 Å². The Kier molecular flexibility index (Phi) is 3.37. The Morgan fingerprint density at radius 1 is 1.16 bits per heavy atom. The van der Waals surface area contributed by atoms with Crippen LogP contribution in [0.1, 0.15) is 5.82 Å². The topological polar surface area (TPSA) is 146 Å². The molecular weight excluding hydrogens is 246 g/mol. The maximum Gasteiger partial charge on any atom is 0.223 e. The van der Waals surface area contributed by atoms with Crippen LogP contribution in [0.3, 0.4) is 0 Å². The van der Waals surface area contributed by atoms with E-state index in [-0.39, 0.29) is 11.9 Å². The van der Waals surface area contributed by atoms with Crippen LogP contribution >= 0.6 is 0 Å². The van der Waals surface area contributed by atoms with Gasteiger partial charge in [-0.2, -0.15) is 9.67 Å². The lowest BCUT2D eigenvalue weighted by Crippen LogP contribution is -2.26. The normalized spacial score (nSPS) is 11.3. The van der Waals surface area contributed by atoms with Gasteiger partial charge in [0.05, 0.1) is 11.4 Å². The summed E-state index contributed by atoms with van der Waals surface area (Å²) in [5.74, 6) is 0.546. The van der Waals surface area contributed by atoms with Crippen LogP contribution in [0.2, 0.25) is 0 Å². The number of rotatable bonds is 2. The van der Waals surface area contributed by atoms with Crippen LogP contribution in [0.25, 0.3) is 5.69 Å². The SMILES string of the molecule is Cc1nnnn1-c1ccc(N=C(N)N=C(N)N)cc1. The molecule has 1 aromatic carbocycles. The molecule has 9 nitrogen and oxygen atoms in total. The highest BCUT2D eigenvalue weighted by molar-refractivity contribution is 5.93. The molecule has 0 unspecified atom stereocenters. The van der Waals surface area contributed by atoms with Gasteiger partial charge in [-0.1, -0.05) is 0 Å². The van der Waals surface area contributed by atoms with Gasteiger partial charge in [0.25, 0.3) is 0 Å². The number of nitrogens with two attached hydrogens (primary N) is 3. The van der Waals surface area contributed by atoms with Crippen LogP contribution in [0, 0.1) is 6.92 Å². The third kappa shape index (κ3) is 3.03. The van der Waals surface area contributed by atoms with E-state index in [0.717, 1.165) is 5.69 Å². The van der Waals surface area contributed by atoms with Crippen LogP contribution in [0.15, 0.2) is 34.3 Å². The Hall–Kier alpha value is -2.97. The molecule has 98 valence electrons. The Balaban J connectivity index is 2.25. The number of guanidine groups is 2. The Bertz CT molecular complexity index is 619. The number of hydrogen-bond donors (Lipinski definition) is 3. The van der Waals surface area contributed by atoms with Crippen LogP contribution in [-0.2, 0) is 0 Å². The van der Waals surface area contributed by atoms with E-state index in [1.807, 2.05) is 19.1 Å². The molecular formula is C10H13N9. The molecule has 2 rings (SSSR count). The standard InChI is InChI=1S/C10H13N9/c1-6-16-17-18-19(6)8-4-2-7(3-5-8)14-10(13)15-9(11)12/h2-5H,1H3,(H6,11,12,13,14,15). The molecule has 0 aliphatic carbocycles. The van der Waals surface area contributed by atoms with E-state index in [9.17, 15) is 0 Å². The molecule has 0 spiro atoms. The van der Waals surface area contributed by atoms with Crippen molar-refractivity contribution in [1.29, 1.82) is 0 Å². The van der Waals surface area contributed by atoms with E-state index < -0.39 is 0 Å². The zero-order chi connectivity index (χ0) is 13.8. The van der Waals surface area contributed by atoms with Crippen molar-refractivity contribution in [1.82, 2.24) is 20.2 Å². The fourth-order valence-corrected chi connectivity index (χ4v) is 1.43. The molecule has 0 bridgehead atoms. The molecule has 1 heterocycles. The van der Waals surface area contributed by atoms with Crippen molar-refractivity contribution in [2.75, 3.05) is 0 Å². The van der Waals surface area contributed by atoms with Crippen molar-refractivity contribution >= 4 is 17.6 Å². The monoisotopic (exact) mass is 259 g/mol. The van der Waals surface area contributed by atoms with Crippen LogP contribution in [0.5, 0.6) is 0 Å². The summed E-state index contributed by atoms with van der Waals surface area (Å²) >= 11 is 0. The third-order valence-corrected chi connectivity index (χ3v) is 2.21. The van der Waals surface area contributed by atoms with Gasteiger partial charge in [0.15, 0.2) is 11.8 Å². The van der Waals surface area contributed by atoms with E-state index in [2.05, 4.69) is 25.5 Å². The van der Waals surface area contributed by atoms with Gasteiger partial charge < -0.3 is 17.2 Å². The molecule has 0 radical (unpaired) electrons. The summed E-state index contributed by atoms with van der Waals surface area (Å²) in [6, 6.07) is 7.13. The van der Waals surface area contributed by atoms with Gasteiger partial charge in [0, 0.05) is 0 Å². The van der Waals surface area contributed by atoms with Gasteiger partial charge in [-0.25, -0.2) is 4.99 Å². The highest BCUT2D eigenvalue weighted by atomic mass is 15.5. The highest BCUT2D eigenvalue weighted by Crippen LogP contribution is 2.15. The molecule has 6 N–H and O–H groups in total. The second-order valence-electron chi connectivity index (χ2n) is 3.66. The van der Waals surface area contributed by atoms with E-state index in [1.54, 1.807) is 16.8 Å². The first-order valence-electron chi connectivity index (χ1n) is 5.35. The third-order valence-electron chi connectivity index (χ3n) is 2.21. The first-order valence-corrected chi connectivity index (χ1v) is 5.35. The highest BCUT2D eigenvalue weighted by Gasteiger charge is 2.02. The summed E-state index contributed by atoms with van der Waals surface area (Å²) in [7, 11) is 0. The molecule has 2 aromatic rings. The summed E-state index contributed by atoms with van der Waals surface area (Å²) < 4.78 is 1.60. The number of hydrogen-bond acceptors (Lipinski definition) is 4. The minimum Gasteiger partial charge on any atom is -0.370 e. The minimum atomic E-state index is -0.137. The lowest BCUT2D eigenvalue weighted by Gasteiger charge is -2.02. The Labute approximate surface area is 108 Å². The number of aliphatic imine (C=N–C) groups is 2. The van der Waals surface area contributed by atoms with E-state index in [1.165, 1.54) is 0 Å². The number of aromatic nitrogens is 4. The predicted molar refractivity (Wildman–Crippen MR) is 71.0 cm³/mol. The summed E-state index contributed by atoms with van der Waals surface area (Å²) in [6.45, 7) is 1.81. The second kappa shape index (κ2) is 5.12. The summed E-state index contributed by atoms with van der Waals surface area (Å²) in [6.07, 6.45) is 0. The molecule has 9 heteroatoms. The maximum atomic E-state index is 5.53. The van der Waals surface area contributed by atoms with Crippen molar-refractivity contribution < 1.29 is 0 Å². The molecule has 19 heavy (non-hydrogen) atoms. The summed E-state index contributed by atoms with van der Waals surface area (Å²) in [4.78, 5) is 7.65. The van der Waals surface area contributed by atoms with Gasteiger partial charge in [-0.05, 0) is 41.6 Å². The van der Waals surface area contributed by atoms with Crippen LogP contribution in [0.4, 0.5) is 5.69 Å². The number of nitrogens with zero attached hydrogens (tertiary/aromatic N) is 6. The molecule has 0 saturated carbocycles. The molecule has 0 amide bonds. The van der Waals surface area contributed by atoms with Crippen LogP contribution in [-0.4, -0.2) is 32.1 Å². The first kappa shape index (κ1) is 12.5. The molecule has 0 fully saturated rings. The fraction of sp³-hybridized carbons (Fsp3) is 0.100. The van der Waals surface area contributed by atoms with Gasteiger partial charge in [0.2, 0.25) is 5.96 Å². The first-order chi connectivity index (χ1) is 9.06. The zero-order valence-electron chi connectivity index (χ0n) is 10.2. The average Bonchev–Trinajstić information content (AvgIpc) is 2.75. The van der Waals surface area contributed by atoms with E-state index in [0.29, 0.717) is 11.5 Å². The van der Waals surface area contributed by atoms with Gasteiger partial charge in [-0.3, -0.25) is 0 Å². The van der Waals surface area contributed by atoms with Gasteiger partial charge in [-0.15, -0.1) is 5.10 Å². The van der Waals surface area contributed by atoms with Crippen molar-refractivity contribution in [3.63, 3.8) is 0 Å². The second-order valence-corrected chi connectivity index (χ2v) is 3.66. The fourth-order valence-electron chi connectivity index (χ4n) is 1.43. The average molecular weight is 259 g/mol. The predicted octanol–water partition coefficient (Wildman–Crippen LogP) is -0.810. The Morgan fingerprint density at radius 2 is 1.84 bits per heavy atom. The molecule has 0 atom stereocenters. The van der Waals surface area contributed by atoms with Crippen molar-refractivity contribution in [3.05, 3.63) is 30.1 Å². The largest absolute Gasteiger partial charge is 0.370 e. The van der Waals surface area contributed by atoms with Gasteiger partial charge >= 0.3 is 0 Å². The van der Waals surface area contributed by atoms with E-state index >= 15 is 0 Å². The number of benzene rings is 1. The number of tetrazole rings is 1. The Morgan fingerprint density at radius 3 is 2.37 bits per heavy atom. The van der Waals surface area contributed by atoms with Crippen molar-refractivity contribution in [2.45, 2.75) is 6.92 Å².